The Labute approximate surface area is 113 Å². The van der Waals surface area contributed by atoms with Crippen LogP contribution >= 0.6 is 0 Å². The molecule has 1 heterocycles. The monoisotopic (exact) mass is 268 g/mol. The Morgan fingerprint density at radius 2 is 2.16 bits per heavy atom. The van der Waals surface area contributed by atoms with E-state index in [4.69, 9.17) is 14.2 Å². The first-order valence-electron chi connectivity index (χ1n) is 6.18. The molecule has 2 atom stereocenters. The summed E-state index contributed by atoms with van der Waals surface area (Å²) in [6.45, 7) is 11.3. The van der Waals surface area contributed by atoms with Crippen molar-refractivity contribution in [3.63, 3.8) is 0 Å². The van der Waals surface area contributed by atoms with Crippen molar-refractivity contribution in [2.45, 2.75) is 26.4 Å². The van der Waals surface area contributed by atoms with Crippen LogP contribution in [0.15, 0.2) is 24.8 Å². The Morgan fingerprint density at radius 3 is 2.58 bits per heavy atom. The molecule has 1 rings (SSSR count). The topological polar surface area (TPSA) is 61.8 Å². The molecule has 1 saturated heterocycles. The Balaban J connectivity index is 2.51. The zero-order chi connectivity index (χ0) is 14.5. The number of hydrogen-bond donors (Lipinski definition) is 0. The van der Waals surface area contributed by atoms with Crippen molar-refractivity contribution in [1.82, 2.24) is 0 Å². The maximum absolute atomic E-state index is 11.4. The molecule has 1 aliphatic heterocycles. The molecule has 0 saturated carbocycles. The van der Waals surface area contributed by atoms with E-state index in [0.29, 0.717) is 12.2 Å². The minimum Gasteiger partial charge on any atom is -0.462 e. The van der Waals surface area contributed by atoms with E-state index in [-0.39, 0.29) is 24.7 Å². The Bertz CT molecular complexity index is 383. The van der Waals surface area contributed by atoms with Crippen molar-refractivity contribution >= 4 is 11.9 Å². The number of carbonyl (C=O) groups is 2. The van der Waals surface area contributed by atoms with Gasteiger partial charge in [0.2, 0.25) is 0 Å². The molecule has 0 spiro atoms. The van der Waals surface area contributed by atoms with Gasteiger partial charge in [-0.3, -0.25) is 0 Å². The molecule has 2 unspecified atom stereocenters. The Morgan fingerprint density at radius 1 is 1.47 bits per heavy atom. The van der Waals surface area contributed by atoms with Crippen LogP contribution in [0.1, 0.15) is 20.3 Å². The third-order valence-corrected chi connectivity index (χ3v) is 3.34. The van der Waals surface area contributed by atoms with Crippen LogP contribution in [0.3, 0.4) is 0 Å². The number of ether oxygens (including phenoxy) is 3. The fraction of sp³-hybridized carbons (Fsp3) is 0.571. The third kappa shape index (κ3) is 3.67. The molecule has 19 heavy (non-hydrogen) atoms. The largest absolute Gasteiger partial charge is 0.462 e. The highest BCUT2D eigenvalue weighted by molar-refractivity contribution is 5.86. The van der Waals surface area contributed by atoms with Gasteiger partial charge in [-0.25, -0.2) is 9.59 Å². The van der Waals surface area contributed by atoms with Gasteiger partial charge in [0.05, 0.1) is 12.0 Å². The first-order valence-corrected chi connectivity index (χ1v) is 6.18. The number of rotatable bonds is 7. The summed E-state index contributed by atoms with van der Waals surface area (Å²) in [5.74, 6) is -0.902. The van der Waals surface area contributed by atoms with Gasteiger partial charge in [0.15, 0.2) is 0 Å². The van der Waals surface area contributed by atoms with Gasteiger partial charge in [-0.1, -0.05) is 20.1 Å². The molecule has 1 fully saturated rings. The van der Waals surface area contributed by atoms with E-state index >= 15 is 0 Å². The molecule has 0 aromatic heterocycles. The van der Waals surface area contributed by atoms with Crippen molar-refractivity contribution in [2.24, 2.45) is 5.41 Å². The average molecular weight is 268 g/mol. The maximum Gasteiger partial charge on any atom is 0.333 e. The standard InChI is InChI=1S/C14H20O5/c1-5-12(15)17-7-11-14(6-2,8-18-11)9-19-13(16)10(3)4/h5,11H,1,3,6-9H2,2,4H3. The van der Waals surface area contributed by atoms with E-state index in [0.717, 1.165) is 12.5 Å². The van der Waals surface area contributed by atoms with E-state index in [1.165, 1.54) is 0 Å². The van der Waals surface area contributed by atoms with Crippen LogP contribution in [0.25, 0.3) is 0 Å². The number of esters is 2. The van der Waals surface area contributed by atoms with Crippen molar-refractivity contribution < 1.29 is 23.8 Å². The summed E-state index contributed by atoms with van der Waals surface area (Å²) >= 11 is 0. The van der Waals surface area contributed by atoms with Gasteiger partial charge in [-0.05, 0) is 13.3 Å². The van der Waals surface area contributed by atoms with Crippen LogP contribution in [0.5, 0.6) is 0 Å². The normalized spacial score (nSPS) is 25.1. The summed E-state index contributed by atoms with van der Waals surface area (Å²) in [6, 6.07) is 0. The molecule has 0 aromatic rings. The fourth-order valence-corrected chi connectivity index (χ4v) is 1.78. The zero-order valence-corrected chi connectivity index (χ0v) is 11.4. The fourth-order valence-electron chi connectivity index (χ4n) is 1.78. The summed E-state index contributed by atoms with van der Waals surface area (Å²) in [4.78, 5) is 22.4. The lowest BCUT2D eigenvalue weighted by Crippen LogP contribution is -2.57. The van der Waals surface area contributed by atoms with E-state index in [1.54, 1.807) is 6.92 Å². The van der Waals surface area contributed by atoms with Gasteiger partial charge in [0.25, 0.3) is 0 Å². The first kappa shape index (κ1) is 15.4. The van der Waals surface area contributed by atoms with Crippen molar-refractivity contribution in [2.75, 3.05) is 19.8 Å². The maximum atomic E-state index is 11.4. The molecule has 1 aliphatic rings. The minimum atomic E-state index is -0.487. The number of hydrogen-bond acceptors (Lipinski definition) is 5. The van der Waals surface area contributed by atoms with E-state index < -0.39 is 11.9 Å². The highest BCUT2D eigenvalue weighted by Gasteiger charge is 2.48. The summed E-state index contributed by atoms with van der Waals surface area (Å²) in [5, 5.41) is 0. The van der Waals surface area contributed by atoms with Crippen LogP contribution in [-0.2, 0) is 23.8 Å². The quantitative estimate of drug-likeness (QED) is 0.519. The van der Waals surface area contributed by atoms with Gasteiger partial charge in [-0.2, -0.15) is 0 Å². The molecule has 106 valence electrons. The van der Waals surface area contributed by atoms with Gasteiger partial charge >= 0.3 is 11.9 Å². The molecule has 0 aromatic carbocycles. The van der Waals surface area contributed by atoms with Gasteiger partial charge in [0.1, 0.15) is 19.3 Å². The zero-order valence-electron chi connectivity index (χ0n) is 11.4. The molecular formula is C14H20O5. The van der Waals surface area contributed by atoms with E-state index in [2.05, 4.69) is 13.2 Å². The second-order valence-electron chi connectivity index (χ2n) is 4.71. The molecule has 0 aliphatic carbocycles. The van der Waals surface area contributed by atoms with E-state index in [1.807, 2.05) is 6.92 Å². The predicted molar refractivity (Wildman–Crippen MR) is 69.4 cm³/mol. The van der Waals surface area contributed by atoms with Crippen LogP contribution < -0.4 is 0 Å². The Kier molecular flexibility index (Phi) is 5.30. The second-order valence-corrected chi connectivity index (χ2v) is 4.71. The molecule has 0 N–H and O–H groups in total. The summed E-state index contributed by atoms with van der Waals surface area (Å²) in [5.41, 5.74) is 0.0770. The van der Waals surface area contributed by atoms with Gasteiger partial charge < -0.3 is 14.2 Å². The third-order valence-electron chi connectivity index (χ3n) is 3.34. The van der Waals surface area contributed by atoms with Gasteiger partial charge in [-0.15, -0.1) is 0 Å². The smallest absolute Gasteiger partial charge is 0.333 e. The van der Waals surface area contributed by atoms with Crippen molar-refractivity contribution in [1.29, 1.82) is 0 Å². The van der Waals surface area contributed by atoms with Crippen molar-refractivity contribution in [3.8, 4) is 0 Å². The summed E-state index contributed by atoms with van der Waals surface area (Å²) in [6.07, 6.45) is 1.62. The van der Waals surface area contributed by atoms with Crippen LogP contribution in [0.2, 0.25) is 0 Å². The Hall–Kier alpha value is -1.62. The van der Waals surface area contributed by atoms with Crippen molar-refractivity contribution in [3.05, 3.63) is 24.8 Å². The van der Waals surface area contributed by atoms with Crippen LogP contribution in [-0.4, -0.2) is 37.9 Å². The SMILES string of the molecule is C=CC(=O)OCC1OCC1(CC)COC(=O)C(=C)C. The lowest BCUT2D eigenvalue weighted by molar-refractivity contribution is -0.228. The lowest BCUT2D eigenvalue weighted by atomic mass is 9.77. The van der Waals surface area contributed by atoms with Gasteiger partial charge in [0, 0.05) is 11.6 Å². The highest BCUT2D eigenvalue weighted by Crippen LogP contribution is 2.39. The molecule has 0 amide bonds. The molecule has 5 heteroatoms. The lowest BCUT2D eigenvalue weighted by Gasteiger charge is -2.47. The van der Waals surface area contributed by atoms with E-state index in [9.17, 15) is 9.59 Å². The van der Waals surface area contributed by atoms with Crippen LogP contribution in [0.4, 0.5) is 0 Å². The highest BCUT2D eigenvalue weighted by atomic mass is 16.6. The van der Waals surface area contributed by atoms with Crippen LogP contribution in [0, 0.1) is 5.41 Å². The molecule has 0 radical (unpaired) electrons. The minimum absolute atomic E-state index is 0.142. The predicted octanol–water partition coefficient (Wildman–Crippen LogP) is 1.63. The molecule has 0 bridgehead atoms. The molecule has 5 nitrogen and oxygen atoms in total. The second kappa shape index (κ2) is 6.52. The number of carbonyl (C=O) groups excluding carboxylic acids is 2. The average Bonchev–Trinajstić information content (AvgIpc) is 2.37. The summed E-state index contributed by atoms with van der Waals surface area (Å²) in [7, 11) is 0. The first-order chi connectivity index (χ1) is 8.95. The summed E-state index contributed by atoms with van der Waals surface area (Å²) < 4.78 is 15.6. The molecular weight excluding hydrogens is 248 g/mol.